The molecule has 1 atom stereocenters. The molecule has 0 saturated carbocycles. The van der Waals surface area contributed by atoms with Gasteiger partial charge in [0.25, 0.3) is 11.8 Å². The van der Waals surface area contributed by atoms with E-state index in [1.165, 1.54) is 6.92 Å². The minimum Gasteiger partial charge on any atom is -0.444 e. The highest BCUT2D eigenvalue weighted by Gasteiger charge is 2.40. The number of alkyl carbamates (subject to hydrolysis) is 1. The van der Waals surface area contributed by atoms with E-state index in [4.69, 9.17) is 4.74 Å². The molecule has 0 aromatic heterocycles. The minimum atomic E-state index is -0.985. The van der Waals surface area contributed by atoms with E-state index in [0.29, 0.717) is 0 Å². The van der Waals surface area contributed by atoms with Crippen molar-refractivity contribution in [3.05, 3.63) is 35.4 Å². The molecule has 1 heterocycles. The molecule has 1 aromatic rings. The lowest BCUT2D eigenvalue weighted by Crippen LogP contribution is -2.49. The van der Waals surface area contributed by atoms with Gasteiger partial charge in [0.15, 0.2) is 0 Å². The summed E-state index contributed by atoms with van der Waals surface area (Å²) in [4.78, 5) is 61.4. The molecule has 5 amide bonds. The Morgan fingerprint density at radius 1 is 0.935 bits per heavy atom. The molecule has 0 spiro atoms. The summed E-state index contributed by atoms with van der Waals surface area (Å²) in [6.07, 6.45) is -0.548. The van der Waals surface area contributed by atoms with Crippen molar-refractivity contribution in [2.75, 3.05) is 19.6 Å². The van der Waals surface area contributed by atoms with Crippen LogP contribution in [0.1, 0.15) is 54.8 Å². The van der Waals surface area contributed by atoms with E-state index in [9.17, 15) is 24.0 Å². The molecule has 2 rings (SSSR count). The Bertz CT molecular complexity index is 842. The number of benzene rings is 1. The Hall–Kier alpha value is -3.43. The van der Waals surface area contributed by atoms with Crippen molar-refractivity contribution < 1.29 is 28.7 Å². The van der Waals surface area contributed by atoms with E-state index >= 15 is 0 Å². The van der Waals surface area contributed by atoms with Gasteiger partial charge in [0.05, 0.1) is 11.1 Å². The third kappa shape index (κ3) is 6.53. The van der Waals surface area contributed by atoms with Gasteiger partial charge in [-0.05, 0) is 39.8 Å². The number of fused-ring (bicyclic) bond motifs is 1. The van der Waals surface area contributed by atoms with Gasteiger partial charge in [0.1, 0.15) is 11.6 Å². The first-order valence-electron chi connectivity index (χ1n) is 9.99. The number of amides is 5. The zero-order valence-corrected chi connectivity index (χ0v) is 18.1. The van der Waals surface area contributed by atoms with Gasteiger partial charge < -0.3 is 20.7 Å². The fourth-order valence-corrected chi connectivity index (χ4v) is 2.89. The molecule has 10 heteroatoms. The van der Waals surface area contributed by atoms with Crippen LogP contribution < -0.4 is 16.0 Å². The second-order valence-electron chi connectivity index (χ2n) is 8.02. The number of hydrogen-bond acceptors (Lipinski definition) is 6. The van der Waals surface area contributed by atoms with Crippen molar-refractivity contribution in [3.63, 3.8) is 0 Å². The second-order valence-corrected chi connectivity index (χ2v) is 8.02. The Kier molecular flexibility index (Phi) is 7.73. The molecular weight excluding hydrogens is 404 g/mol. The maximum Gasteiger partial charge on any atom is 0.407 e. The van der Waals surface area contributed by atoms with E-state index in [2.05, 4.69) is 16.0 Å². The van der Waals surface area contributed by atoms with Crippen molar-refractivity contribution in [2.45, 2.75) is 45.8 Å². The summed E-state index contributed by atoms with van der Waals surface area (Å²) in [5.74, 6) is -1.82. The molecule has 168 valence electrons. The molecule has 1 aliphatic rings. The summed E-state index contributed by atoms with van der Waals surface area (Å²) < 4.78 is 5.06. The number of nitrogens with one attached hydrogen (secondary N) is 3. The van der Waals surface area contributed by atoms with Crippen LogP contribution in [0.25, 0.3) is 0 Å². The van der Waals surface area contributed by atoms with E-state index in [1.807, 2.05) is 0 Å². The highest BCUT2D eigenvalue weighted by molar-refractivity contribution is 6.22. The van der Waals surface area contributed by atoms with Gasteiger partial charge in [-0.3, -0.25) is 24.1 Å². The SMILES string of the molecule is CC(C(=O)NCCNC(=O)CCNC(=O)OC(C)(C)C)N1C(=O)c2ccccc2C1=O. The number of rotatable bonds is 8. The van der Waals surface area contributed by atoms with Crippen LogP contribution in [0.15, 0.2) is 24.3 Å². The molecule has 1 aromatic carbocycles. The standard InChI is InChI=1S/C21H28N4O6/c1-13(25-18(28)14-7-5-6-8-15(14)19(25)29)17(27)23-12-11-22-16(26)9-10-24-20(30)31-21(2,3)4/h5-8,13H,9-12H2,1-4H3,(H,22,26)(H,23,27)(H,24,30). The number of carbonyl (C=O) groups is 5. The Morgan fingerprint density at radius 3 is 2.03 bits per heavy atom. The van der Waals surface area contributed by atoms with Crippen molar-refractivity contribution in [1.82, 2.24) is 20.9 Å². The predicted octanol–water partition coefficient (Wildman–Crippen LogP) is 0.818. The number of hydrogen-bond donors (Lipinski definition) is 3. The fourth-order valence-electron chi connectivity index (χ4n) is 2.89. The average molecular weight is 432 g/mol. The number of imide groups is 1. The summed E-state index contributed by atoms with van der Waals surface area (Å²) in [5.41, 5.74) is -0.0618. The first-order chi connectivity index (χ1) is 14.5. The average Bonchev–Trinajstić information content (AvgIpc) is 2.94. The van der Waals surface area contributed by atoms with Crippen molar-refractivity contribution >= 4 is 29.7 Å². The molecule has 1 unspecified atom stereocenters. The van der Waals surface area contributed by atoms with E-state index < -0.39 is 35.5 Å². The summed E-state index contributed by atoms with van der Waals surface area (Å²) in [6, 6.07) is 5.43. The molecule has 0 radical (unpaired) electrons. The third-order valence-electron chi connectivity index (χ3n) is 4.36. The molecule has 31 heavy (non-hydrogen) atoms. The van der Waals surface area contributed by atoms with Gasteiger partial charge in [-0.2, -0.15) is 0 Å². The largest absolute Gasteiger partial charge is 0.444 e. The number of ether oxygens (including phenoxy) is 1. The lowest BCUT2D eigenvalue weighted by molar-refractivity contribution is -0.125. The quantitative estimate of drug-likeness (QED) is 0.411. The van der Waals surface area contributed by atoms with Crippen LogP contribution in [-0.4, -0.2) is 65.9 Å². The maximum atomic E-state index is 12.4. The molecule has 0 fully saturated rings. The number of nitrogens with zero attached hydrogens (tertiary/aromatic N) is 1. The summed E-state index contributed by atoms with van der Waals surface area (Å²) in [7, 11) is 0. The van der Waals surface area contributed by atoms with Crippen LogP contribution in [0.5, 0.6) is 0 Å². The van der Waals surface area contributed by atoms with Crippen LogP contribution in [0.2, 0.25) is 0 Å². The van der Waals surface area contributed by atoms with Crippen molar-refractivity contribution in [3.8, 4) is 0 Å². The lowest BCUT2D eigenvalue weighted by Gasteiger charge is -2.21. The first kappa shape index (κ1) is 23.8. The van der Waals surface area contributed by atoms with E-state index in [-0.39, 0.29) is 43.1 Å². The van der Waals surface area contributed by atoms with Crippen LogP contribution in [-0.2, 0) is 14.3 Å². The zero-order chi connectivity index (χ0) is 23.2. The molecule has 0 saturated heterocycles. The van der Waals surface area contributed by atoms with E-state index in [0.717, 1.165) is 4.90 Å². The highest BCUT2D eigenvalue weighted by Crippen LogP contribution is 2.24. The Morgan fingerprint density at radius 2 is 1.48 bits per heavy atom. The second kappa shape index (κ2) is 10.1. The zero-order valence-electron chi connectivity index (χ0n) is 18.1. The van der Waals surface area contributed by atoms with Crippen LogP contribution in [0, 0.1) is 0 Å². The third-order valence-corrected chi connectivity index (χ3v) is 4.36. The molecule has 10 nitrogen and oxygen atoms in total. The molecule has 0 aliphatic carbocycles. The Balaban J connectivity index is 1.68. The van der Waals surface area contributed by atoms with Crippen molar-refractivity contribution in [1.29, 1.82) is 0 Å². The lowest BCUT2D eigenvalue weighted by atomic mass is 10.1. The van der Waals surface area contributed by atoms with Gasteiger partial charge >= 0.3 is 6.09 Å². The van der Waals surface area contributed by atoms with Gasteiger partial charge in [-0.1, -0.05) is 12.1 Å². The predicted molar refractivity (Wildman–Crippen MR) is 111 cm³/mol. The van der Waals surface area contributed by atoms with Crippen LogP contribution in [0.3, 0.4) is 0 Å². The van der Waals surface area contributed by atoms with Crippen molar-refractivity contribution in [2.24, 2.45) is 0 Å². The van der Waals surface area contributed by atoms with E-state index in [1.54, 1.807) is 45.0 Å². The monoisotopic (exact) mass is 432 g/mol. The van der Waals surface area contributed by atoms with Crippen LogP contribution >= 0.6 is 0 Å². The van der Waals surface area contributed by atoms with Gasteiger partial charge in [0.2, 0.25) is 11.8 Å². The summed E-state index contributed by atoms with van der Waals surface area (Å²) in [5, 5.41) is 7.68. The topological polar surface area (TPSA) is 134 Å². The molecular formula is C21H28N4O6. The first-order valence-corrected chi connectivity index (χ1v) is 9.99. The highest BCUT2D eigenvalue weighted by atomic mass is 16.6. The molecule has 3 N–H and O–H groups in total. The summed E-state index contributed by atoms with van der Waals surface area (Å²) in [6.45, 7) is 7.08. The van der Waals surface area contributed by atoms with Gasteiger partial charge in [0, 0.05) is 26.1 Å². The Labute approximate surface area is 180 Å². The molecule has 0 bridgehead atoms. The smallest absolute Gasteiger partial charge is 0.407 e. The maximum absolute atomic E-state index is 12.4. The normalized spacial score (nSPS) is 14.0. The number of carbonyl (C=O) groups excluding carboxylic acids is 5. The minimum absolute atomic E-state index is 0.0542. The van der Waals surface area contributed by atoms with Gasteiger partial charge in [-0.25, -0.2) is 4.79 Å². The van der Waals surface area contributed by atoms with Crippen LogP contribution in [0.4, 0.5) is 4.79 Å². The fraction of sp³-hybridized carbons (Fsp3) is 0.476. The van der Waals surface area contributed by atoms with Gasteiger partial charge in [-0.15, -0.1) is 0 Å². The molecule has 1 aliphatic heterocycles. The summed E-state index contributed by atoms with van der Waals surface area (Å²) >= 11 is 0.